The van der Waals surface area contributed by atoms with Crippen molar-refractivity contribution in [3.63, 3.8) is 0 Å². The Balaban J connectivity index is 1.67. The quantitative estimate of drug-likeness (QED) is 0.837. The van der Waals surface area contributed by atoms with Gasteiger partial charge in [-0.15, -0.1) is 0 Å². The summed E-state index contributed by atoms with van der Waals surface area (Å²) >= 11 is 0. The molecule has 0 aromatic heterocycles. The summed E-state index contributed by atoms with van der Waals surface area (Å²) in [5.74, 6) is 1.19. The van der Waals surface area contributed by atoms with Crippen LogP contribution in [0.4, 0.5) is 0 Å². The Kier molecular flexibility index (Phi) is 5.48. The molecule has 0 spiro atoms. The molecule has 1 aliphatic carbocycles. The average Bonchev–Trinajstić information content (AvgIpc) is 2.66. The lowest BCUT2D eigenvalue weighted by atomic mass is 9.87. The van der Waals surface area contributed by atoms with Gasteiger partial charge in [0.1, 0.15) is 0 Å². The molecule has 0 unspecified atom stereocenters. The maximum atomic E-state index is 12.1. The van der Waals surface area contributed by atoms with E-state index in [0.717, 1.165) is 19.0 Å². The number of hydrogen-bond donors (Lipinski definition) is 1. The zero-order chi connectivity index (χ0) is 12.8. The highest BCUT2D eigenvalue weighted by Gasteiger charge is 2.20. The van der Waals surface area contributed by atoms with E-state index in [1.807, 2.05) is 0 Å². The minimum atomic E-state index is 0.315. The molecule has 18 heavy (non-hydrogen) atoms. The van der Waals surface area contributed by atoms with E-state index < -0.39 is 0 Å². The first-order valence-electron chi connectivity index (χ1n) is 7.77. The summed E-state index contributed by atoms with van der Waals surface area (Å²) in [5, 5.41) is 3.47. The summed E-state index contributed by atoms with van der Waals surface area (Å²) in [4.78, 5) is 14.2. The Bertz CT molecular complexity index is 251. The first-order chi connectivity index (χ1) is 8.75. The predicted octanol–water partition coefficient (Wildman–Crippen LogP) is 2.56. The third-order valence-electron chi connectivity index (χ3n) is 4.52. The number of nitrogens with one attached hydrogen (secondary N) is 1. The standard InChI is InChI=1S/C15H28N2O/c1-13-6-8-14(9-7-13)16-12-15(18)17-10-4-2-3-5-11-17/h13-14,16H,2-12H2,1H3. The molecular formula is C15H28N2O. The Morgan fingerprint density at radius 2 is 1.67 bits per heavy atom. The molecular weight excluding hydrogens is 224 g/mol. The molecule has 1 saturated carbocycles. The molecule has 3 heteroatoms. The number of hydrogen-bond acceptors (Lipinski definition) is 2. The fourth-order valence-electron chi connectivity index (χ4n) is 3.13. The zero-order valence-corrected chi connectivity index (χ0v) is 11.8. The van der Waals surface area contributed by atoms with Crippen LogP contribution in [0.3, 0.4) is 0 Å². The van der Waals surface area contributed by atoms with Gasteiger partial charge in [0.25, 0.3) is 0 Å². The van der Waals surface area contributed by atoms with Crippen LogP contribution in [0.15, 0.2) is 0 Å². The molecule has 0 aromatic rings. The van der Waals surface area contributed by atoms with Crippen molar-refractivity contribution in [3.05, 3.63) is 0 Å². The first kappa shape index (κ1) is 13.9. The van der Waals surface area contributed by atoms with E-state index in [1.54, 1.807) is 0 Å². The molecule has 2 aliphatic rings. The average molecular weight is 252 g/mol. The van der Waals surface area contributed by atoms with Gasteiger partial charge in [-0.2, -0.15) is 0 Å². The minimum Gasteiger partial charge on any atom is -0.342 e. The van der Waals surface area contributed by atoms with Gasteiger partial charge in [-0.1, -0.05) is 19.8 Å². The lowest BCUT2D eigenvalue weighted by molar-refractivity contribution is -0.130. The van der Waals surface area contributed by atoms with Gasteiger partial charge < -0.3 is 10.2 Å². The van der Waals surface area contributed by atoms with Crippen LogP contribution in [0.1, 0.15) is 58.3 Å². The van der Waals surface area contributed by atoms with Gasteiger partial charge in [-0.3, -0.25) is 4.79 Å². The monoisotopic (exact) mass is 252 g/mol. The molecule has 3 nitrogen and oxygen atoms in total. The normalized spacial score (nSPS) is 29.9. The fourth-order valence-corrected chi connectivity index (χ4v) is 3.13. The molecule has 1 saturated heterocycles. The second kappa shape index (κ2) is 7.13. The minimum absolute atomic E-state index is 0.315. The van der Waals surface area contributed by atoms with E-state index in [9.17, 15) is 4.79 Å². The van der Waals surface area contributed by atoms with Crippen molar-refractivity contribution < 1.29 is 4.79 Å². The molecule has 1 amide bonds. The Hall–Kier alpha value is -0.570. The molecule has 2 rings (SSSR count). The number of carbonyl (C=O) groups excluding carboxylic acids is 1. The topological polar surface area (TPSA) is 32.3 Å². The number of nitrogens with zero attached hydrogens (tertiary/aromatic N) is 1. The van der Waals surface area contributed by atoms with Gasteiger partial charge >= 0.3 is 0 Å². The van der Waals surface area contributed by atoms with Crippen LogP contribution < -0.4 is 5.32 Å². The molecule has 104 valence electrons. The molecule has 0 aromatic carbocycles. The van der Waals surface area contributed by atoms with E-state index >= 15 is 0 Å². The van der Waals surface area contributed by atoms with Crippen LogP contribution in [0.2, 0.25) is 0 Å². The third kappa shape index (κ3) is 4.27. The van der Waals surface area contributed by atoms with Gasteiger partial charge in [-0.05, 0) is 44.4 Å². The Morgan fingerprint density at radius 1 is 1.06 bits per heavy atom. The Morgan fingerprint density at radius 3 is 2.28 bits per heavy atom. The van der Waals surface area contributed by atoms with Crippen LogP contribution in [-0.2, 0) is 4.79 Å². The van der Waals surface area contributed by atoms with Gasteiger partial charge in [0.05, 0.1) is 6.54 Å². The smallest absolute Gasteiger partial charge is 0.236 e. The second-order valence-electron chi connectivity index (χ2n) is 6.13. The molecule has 0 bridgehead atoms. The van der Waals surface area contributed by atoms with Crippen molar-refractivity contribution in [2.45, 2.75) is 64.3 Å². The Labute approximate surface area is 111 Å². The van der Waals surface area contributed by atoms with E-state index in [0.29, 0.717) is 18.5 Å². The van der Waals surface area contributed by atoms with Crippen LogP contribution >= 0.6 is 0 Å². The number of rotatable bonds is 3. The molecule has 0 atom stereocenters. The van der Waals surface area contributed by atoms with Gasteiger partial charge in [0.15, 0.2) is 0 Å². The number of likely N-dealkylation sites (tertiary alicyclic amines) is 1. The second-order valence-corrected chi connectivity index (χ2v) is 6.13. The van der Waals surface area contributed by atoms with Crippen LogP contribution in [0.25, 0.3) is 0 Å². The summed E-state index contributed by atoms with van der Waals surface area (Å²) < 4.78 is 0. The van der Waals surface area contributed by atoms with Crippen molar-refractivity contribution in [2.75, 3.05) is 19.6 Å². The third-order valence-corrected chi connectivity index (χ3v) is 4.52. The summed E-state index contributed by atoms with van der Waals surface area (Å²) in [6, 6.07) is 0.581. The maximum Gasteiger partial charge on any atom is 0.236 e. The van der Waals surface area contributed by atoms with Crippen LogP contribution in [-0.4, -0.2) is 36.5 Å². The van der Waals surface area contributed by atoms with E-state index in [-0.39, 0.29) is 0 Å². The molecule has 2 fully saturated rings. The molecule has 1 aliphatic heterocycles. The van der Waals surface area contributed by atoms with Crippen molar-refractivity contribution in [2.24, 2.45) is 5.92 Å². The summed E-state index contributed by atoms with van der Waals surface area (Å²) in [7, 11) is 0. The fraction of sp³-hybridized carbons (Fsp3) is 0.933. The lowest BCUT2D eigenvalue weighted by Crippen LogP contribution is -2.43. The highest BCUT2D eigenvalue weighted by molar-refractivity contribution is 5.78. The van der Waals surface area contributed by atoms with Gasteiger partial charge in [0.2, 0.25) is 5.91 Å². The maximum absolute atomic E-state index is 12.1. The number of amides is 1. The highest BCUT2D eigenvalue weighted by atomic mass is 16.2. The van der Waals surface area contributed by atoms with Crippen LogP contribution in [0.5, 0.6) is 0 Å². The van der Waals surface area contributed by atoms with Crippen molar-refractivity contribution in [1.29, 1.82) is 0 Å². The lowest BCUT2D eigenvalue weighted by Gasteiger charge is -2.28. The van der Waals surface area contributed by atoms with Gasteiger partial charge in [-0.25, -0.2) is 0 Å². The molecule has 1 N–H and O–H groups in total. The van der Waals surface area contributed by atoms with Gasteiger partial charge in [0, 0.05) is 19.1 Å². The summed E-state index contributed by atoms with van der Waals surface area (Å²) in [5.41, 5.74) is 0. The number of carbonyl (C=O) groups is 1. The highest BCUT2D eigenvalue weighted by Crippen LogP contribution is 2.23. The molecule has 1 heterocycles. The van der Waals surface area contributed by atoms with E-state index in [4.69, 9.17) is 0 Å². The van der Waals surface area contributed by atoms with Crippen molar-refractivity contribution >= 4 is 5.91 Å². The predicted molar refractivity (Wildman–Crippen MR) is 74.5 cm³/mol. The zero-order valence-electron chi connectivity index (χ0n) is 11.8. The summed E-state index contributed by atoms with van der Waals surface area (Å²) in [6.45, 7) is 4.84. The van der Waals surface area contributed by atoms with E-state index in [1.165, 1.54) is 51.4 Å². The molecule has 0 radical (unpaired) electrons. The van der Waals surface area contributed by atoms with Crippen LogP contribution in [0, 0.1) is 5.92 Å². The summed E-state index contributed by atoms with van der Waals surface area (Å²) in [6.07, 6.45) is 10.1. The first-order valence-corrected chi connectivity index (χ1v) is 7.77. The van der Waals surface area contributed by atoms with Crippen molar-refractivity contribution in [3.8, 4) is 0 Å². The SMILES string of the molecule is CC1CCC(NCC(=O)N2CCCCCC2)CC1. The van der Waals surface area contributed by atoms with E-state index in [2.05, 4.69) is 17.1 Å². The van der Waals surface area contributed by atoms with Crippen molar-refractivity contribution in [1.82, 2.24) is 10.2 Å². The largest absolute Gasteiger partial charge is 0.342 e.